The molecule has 0 unspecified atom stereocenters. The summed E-state index contributed by atoms with van der Waals surface area (Å²) in [5.74, 6) is 0.693. The molecular weight excluding hydrogens is 362 g/mol. The lowest BCUT2D eigenvalue weighted by Gasteiger charge is -2.36. The van der Waals surface area contributed by atoms with Gasteiger partial charge in [0.1, 0.15) is 11.9 Å². The number of anilines is 3. The van der Waals surface area contributed by atoms with Crippen LogP contribution in [0, 0.1) is 11.3 Å². The van der Waals surface area contributed by atoms with Crippen molar-refractivity contribution in [2.75, 3.05) is 36.4 Å². The van der Waals surface area contributed by atoms with E-state index in [9.17, 15) is 10.1 Å². The highest BCUT2D eigenvalue weighted by atomic mass is 16.2. The number of rotatable bonds is 4. The third kappa shape index (κ3) is 4.04. The van der Waals surface area contributed by atoms with Gasteiger partial charge in [0.15, 0.2) is 0 Å². The fraction of sp³-hybridized carbons (Fsp3) is 0.174. The largest absolute Gasteiger partial charge is 0.355 e. The number of carbonyl (C=O) groups is 1. The van der Waals surface area contributed by atoms with Gasteiger partial charge in [-0.3, -0.25) is 4.79 Å². The maximum atomic E-state index is 13.2. The van der Waals surface area contributed by atoms with Crippen molar-refractivity contribution in [3.63, 3.8) is 0 Å². The molecule has 1 aliphatic heterocycles. The standard InChI is InChI=1S/C23H21N5O/c24-17-18-7-6-12-25-22(18)27-13-15-28(16-14-27)23(29)20-10-4-5-11-21(20)26-19-8-2-1-3-9-19/h1-12,26H,13-16H2. The number of hydrogen-bond donors (Lipinski definition) is 1. The Morgan fingerprint density at radius 2 is 1.66 bits per heavy atom. The monoisotopic (exact) mass is 383 g/mol. The van der Waals surface area contributed by atoms with Crippen LogP contribution in [0.3, 0.4) is 0 Å². The van der Waals surface area contributed by atoms with E-state index in [0.29, 0.717) is 43.1 Å². The number of para-hydroxylation sites is 2. The molecular formula is C23H21N5O. The molecule has 144 valence electrons. The second-order valence-corrected chi connectivity index (χ2v) is 6.80. The summed E-state index contributed by atoms with van der Waals surface area (Å²) in [6.45, 7) is 2.46. The first-order valence-electron chi connectivity index (χ1n) is 9.57. The topological polar surface area (TPSA) is 72.3 Å². The predicted octanol–water partition coefficient (Wildman–Crippen LogP) is 3.66. The molecule has 0 atom stereocenters. The summed E-state index contributed by atoms with van der Waals surface area (Å²) in [6.07, 6.45) is 1.69. The lowest BCUT2D eigenvalue weighted by atomic mass is 10.1. The first kappa shape index (κ1) is 18.5. The van der Waals surface area contributed by atoms with Gasteiger partial charge >= 0.3 is 0 Å². The number of nitrogens with zero attached hydrogens (tertiary/aromatic N) is 4. The minimum absolute atomic E-state index is 0.00482. The SMILES string of the molecule is N#Cc1cccnc1N1CCN(C(=O)c2ccccc2Nc2ccccc2)CC1. The summed E-state index contributed by atoms with van der Waals surface area (Å²) < 4.78 is 0. The van der Waals surface area contributed by atoms with E-state index in [1.807, 2.05) is 59.5 Å². The Balaban J connectivity index is 1.47. The third-order valence-corrected chi connectivity index (χ3v) is 4.98. The van der Waals surface area contributed by atoms with E-state index in [4.69, 9.17) is 0 Å². The van der Waals surface area contributed by atoms with E-state index in [1.54, 1.807) is 18.3 Å². The van der Waals surface area contributed by atoms with Crippen molar-refractivity contribution < 1.29 is 4.79 Å². The smallest absolute Gasteiger partial charge is 0.256 e. The molecule has 0 aliphatic carbocycles. The summed E-state index contributed by atoms with van der Waals surface area (Å²) in [5, 5.41) is 12.6. The Kier molecular flexibility index (Phi) is 5.39. The van der Waals surface area contributed by atoms with Crippen molar-refractivity contribution in [3.05, 3.63) is 84.1 Å². The van der Waals surface area contributed by atoms with Crippen LogP contribution in [-0.4, -0.2) is 42.0 Å². The number of pyridine rings is 1. The molecule has 3 aromatic rings. The molecule has 0 bridgehead atoms. The number of benzene rings is 2. The van der Waals surface area contributed by atoms with Crippen molar-refractivity contribution >= 4 is 23.1 Å². The Bertz CT molecular complexity index is 1040. The zero-order valence-electron chi connectivity index (χ0n) is 16.0. The average Bonchev–Trinajstić information content (AvgIpc) is 2.80. The van der Waals surface area contributed by atoms with E-state index in [-0.39, 0.29) is 5.91 Å². The molecule has 6 heteroatoms. The van der Waals surface area contributed by atoms with Gasteiger partial charge in [0.2, 0.25) is 0 Å². The van der Waals surface area contributed by atoms with Gasteiger partial charge in [0.25, 0.3) is 5.91 Å². The first-order valence-corrected chi connectivity index (χ1v) is 9.57. The highest BCUT2D eigenvalue weighted by Gasteiger charge is 2.25. The van der Waals surface area contributed by atoms with Crippen molar-refractivity contribution in [3.8, 4) is 6.07 Å². The van der Waals surface area contributed by atoms with Crippen LogP contribution in [0.25, 0.3) is 0 Å². The first-order chi connectivity index (χ1) is 14.3. The van der Waals surface area contributed by atoms with Gasteiger partial charge in [0, 0.05) is 38.1 Å². The summed E-state index contributed by atoms with van der Waals surface area (Å²) in [6, 6.07) is 23.1. The Morgan fingerprint density at radius 1 is 0.931 bits per heavy atom. The molecule has 2 aromatic carbocycles. The minimum Gasteiger partial charge on any atom is -0.355 e. The molecule has 1 amide bonds. The molecule has 29 heavy (non-hydrogen) atoms. The van der Waals surface area contributed by atoms with Crippen LogP contribution in [0.1, 0.15) is 15.9 Å². The van der Waals surface area contributed by atoms with Crippen LogP contribution in [0.15, 0.2) is 72.9 Å². The molecule has 1 fully saturated rings. The summed E-state index contributed by atoms with van der Waals surface area (Å²) in [4.78, 5) is 21.5. The Morgan fingerprint density at radius 3 is 2.41 bits per heavy atom. The molecule has 2 heterocycles. The van der Waals surface area contributed by atoms with Gasteiger partial charge in [-0.2, -0.15) is 5.26 Å². The third-order valence-electron chi connectivity index (χ3n) is 4.98. The minimum atomic E-state index is 0.00482. The zero-order valence-corrected chi connectivity index (χ0v) is 16.0. The second kappa shape index (κ2) is 8.44. The van der Waals surface area contributed by atoms with Gasteiger partial charge < -0.3 is 15.1 Å². The van der Waals surface area contributed by atoms with Crippen LogP contribution < -0.4 is 10.2 Å². The number of carbonyl (C=O) groups excluding carboxylic acids is 1. The van der Waals surface area contributed by atoms with Gasteiger partial charge in [-0.05, 0) is 36.4 Å². The number of hydrogen-bond acceptors (Lipinski definition) is 5. The zero-order chi connectivity index (χ0) is 20.1. The van der Waals surface area contributed by atoms with Gasteiger partial charge in [-0.1, -0.05) is 30.3 Å². The van der Waals surface area contributed by atoms with E-state index in [2.05, 4.69) is 21.3 Å². The van der Waals surface area contributed by atoms with Crippen LogP contribution in [-0.2, 0) is 0 Å². The van der Waals surface area contributed by atoms with E-state index >= 15 is 0 Å². The molecule has 0 radical (unpaired) electrons. The Hall–Kier alpha value is -3.85. The molecule has 0 spiro atoms. The summed E-state index contributed by atoms with van der Waals surface area (Å²) in [7, 11) is 0. The number of amides is 1. The van der Waals surface area contributed by atoms with E-state index < -0.39 is 0 Å². The highest BCUT2D eigenvalue weighted by molar-refractivity contribution is 6.00. The van der Waals surface area contributed by atoms with Gasteiger partial charge in [-0.25, -0.2) is 4.98 Å². The lowest BCUT2D eigenvalue weighted by molar-refractivity contribution is 0.0747. The van der Waals surface area contributed by atoms with Crippen molar-refractivity contribution in [1.82, 2.24) is 9.88 Å². The van der Waals surface area contributed by atoms with Gasteiger partial charge in [0.05, 0.1) is 16.8 Å². The molecule has 6 nitrogen and oxygen atoms in total. The molecule has 1 saturated heterocycles. The van der Waals surface area contributed by atoms with Crippen molar-refractivity contribution in [1.29, 1.82) is 5.26 Å². The average molecular weight is 383 g/mol. The number of piperazine rings is 1. The highest BCUT2D eigenvalue weighted by Crippen LogP contribution is 2.24. The maximum Gasteiger partial charge on any atom is 0.256 e. The van der Waals surface area contributed by atoms with Crippen LogP contribution in [0.5, 0.6) is 0 Å². The van der Waals surface area contributed by atoms with E-state index in [0.717, 1.165) is 11.4 Å². The second-order valence-electron chi connectivity index (χ2n) is 6.80. The number of nitrogens with one attached hydrogen (secondary N) is 1. The van der Waals surface area contributed by atoms with Crippen LogP contribution >= 0.6 is 0 Å². The van der Waals surface area contributed by atoms with Crippen LogP contribution in [0.2, 0.25) is 0 Å². The van der Waals surface area contributed by atoms with Crippen molar-refractivity contribution in [2.45, 2.75) is 0 Å². The molecule has 0 saturated carbocycles. The quantitative estimate of drug-likeness (QED) is 0.744. The summed E-state index contributed by atoms with van der Waals surface area (Å²) >= 11 is 0. The molecule has 4 rings (SSSR count). The summed E-state index contributed by atoms with van der Waals surface area (Å²) in [5.41, 5.74) is 2.95. The van der Waals surface area contributed by atoms with Gasteiger partial charge in [-0.15, -0.1) is 0 Å². The number of aromatic nitrogens is 1. The predicted molar refractivity (Wildman–Crippen MR) is 113 cm³/mol. The number of nitriles is 1. The van der Waals surface area contributed by atoms with E-state index in [1.165, 1.54) is 0 Å². The maximum absolute atomic E-state index is 13.2. The lowest BCUT2D eigenvalue weighted by Crippen LogP contribution is -2.49. The molecule has 1 aliphatic rings. The fourth-order valence-corrected chi connectivity index (χ4v) is 3.48. The molecule has 1 aromatic heterocycles. The van der Waals surface area contributed by atoms with Crippen molar-refractivity contribution in [2.24, 2.45) is 0 Å². The normalized spacial score (nSPS) is 13.6. The fourth-order valence-electron chi connectivity index (χ4n) is 3.48. The van der Waals surface area contributed by atoms with Crippen LogP contribution in [0.4, 0.5) is 17.2 Å². The molecule has 1 N–H and O–H groups in total. The Labute approximate surface area is 170 Å².